The summed E-state index contributed by atoms with van der Waals surface area (Å²) in [6, 6.07) is 3.98. The standard InChI is InChI=1S/C14H18N4O4S/c1-18-6-4-9(5-7-18)17-23(21,22)10-2-3-12-11(8-10)13(19)16-14(20)15-12/h2-3,8-9,17H,4-7H2,1H3,(H2,15,16,19,20). The van der Waals surface area contributed by atoms with E-state index in [2.05, 4.69) is 19.6 Å². The van der Waals surface area contributed by atoms with Crippen LogP contribution in [0.15, 0.2) is 32.7 Å². The Bertz CT molecular complexity index is 939. The molecule has 9 heteroatoms. The predicted octanol–water partition coefficient (Wildman–Crippen LogP) is -0.411. The van der Waals surface area contributed by atoms with Crippen molar-refractivity contribution in [2.45, 2.75) is 23.8 Å². The van der Waals surface area contributed by atoms with Gasteiger partial charge in [-0.25, -0.2) is 17.9 Å². The van der Waals surface area contributed by atoms with Gasteiger partial charge in [0.25, 0.3) is 5.56 Å². The van der Waals surface area contributed by atoms with Crippen LogP contribution in [0.2, 0.25) is 0 Å². The van der Waals surface area contributed by atoms with Crippen LogP contribution in [0.4, 0.5) is 0 Å². The van der Waals surface area contributed by atoms with Gasteiger partial charge in [0.15, 0.2) is 0 Å². The lowest BCUT2D eigenvalue weighted by Gasteiger charge is -2.29. The Morgan fingerprint density at radius 2 is 1.87 bits per heavy atom. The van der Waals surface area contributed by atoms with E-state index in [-0.39, 0.29) is 16.3 Å². The number of aromatic amines is 2. The van der Waals surface area contributed by atoms with E-state index in [9.17, 15) is 18.0 Å². The molecule has 1 aromatic carbocycles. The van der Waals surface area contributed by atoms with E-state index in [1.807, 2.05) is 7.05 Å². The van der Waals surface area contributed by atoms with E-state index in [0.29, 0.717) is 5.52 Å². The summed E-state index contributed by atoms with van der Waals surface area (Å²) in [7, 11) is -1.71. The van der Waals surface area contributed by atoms with Gasteiger partial charge in [-0.05, 0) is 51.2 Å². The van der Waals surface area contributed by atoms with Crippen LogP contribution in [0.5, 0.6) is 0 Å². The highest BCUT2D eigenvalue weighted by atomic mass is 32.2. The van der Waals surface area contributed by atoms with E-state index in [4.69, 9.17) is 0 Å². The molecule has 0 spiro atoms. The van der Waals surface area contributed by atoms with Gasteiger partial charge in [-0.15, -0.1) is 0 Å². The fourth-order valence-electron chi connectivity index (χ4n) is 2.73. The normalized spacial score (nSPS) is 17.6. The molecule has 2 aromatic rings. The number of hydrogen-bond donors (Lipinski definition) is 3. The Morgan fingerprint density at radius 1 is 1.17 bits per heavy atom. The van der Waals surface area contributed by atoms with Crippen LogP contribution in [0.3, 0.4) is 0 Å². The van der Waals surface area contributed by atoms with Gasteiger partial charge in [0.1, 0.15) is 0 Å². The Kier molecular flexibility index (Phi) is 4.09. The van der Waals surface area contributed by atoms with Crippen molar-refractivity contribution in [2.75, 3.05) is 20.1 Å². The van der Waals surface area contributed by atoms with Crippen LogP contribution >= 0.6 is 0 Å². The third-order valence-corrected chi connectivity index (χ3v) is 5.58. The molecule has 3 rings (SSSR count). The minimum absolute atomic E-state index is 0.0153. The smallest absolute Gasteiger partial charge is 0.307 e. The molecule has 2 heterocycles. The second kappa shape index (κ2) is 5.91. The third-order valence-electron chi connectivity index (χ3n) is 4.06. The van der Waals surface area contributed by atoms with Gasteiger partial charge < -0.3 is 9.88 Å². The fraction of sp³-hybridized carbons (Fsp3) is 0.429. The molecule has 0 saturated carbocycles. The number of nitrogens with one attached hydrogen (secondary N) is 3. The highest BCUT2D eigenvalue weighted by Crippen LogP contribution is 2.17. The summed E-state index contributed by atoms with van der Waals surface area (Å²) in [5.41, 5.74) is -0.931. The number of fused-ring (bicyclic) bond motifs is 1. The third kappa shape index (κ3) is 3.36. The molecule has 0 radical (unpaired) electrons. The Morgan fingerprint density at radius 3 is 2.57 bits per heavy atom. The molecule has 23 heavy (non-hydrogen) atoms. The monoisotopic (exact) mass is 338 g/mol. The average Bonchev–Trinajstić information content (AvgIpc) is 2.49. The molecule has 124 valence electrons. The van der Waals surface area contributed by atoms with Gasteiger partial charge in [-0.3, -0.25) is 9.78 Å². The molecule has 0 unspecified atom stereocenters. The molecule has 0 aliphatic carbocycles. The maximum absolute atomic E-state index is 12.5. The van der Waals surface area contributed by atoms with Gasteiger partial charge in [-0.1, -0.05) is 0 Å². The van der Waals surface area contributed by atoms with Gasteiger partial charge in [0.2, 0.25) is 10.0 Å². The highest BCUT2D eigenvalue weighted by Gasteiger charge is 2.23. The summed E-state index contributed by atoms with van der Waals surface area (Å²) in [5.74, 6) is 0. The van der Waals surface area contributed by atoms with Gasteiger partial charge >= 0.3 is 5.69 Å². The lowest BCUT2D eigenvalue weighted by Crippen LogP contribution is -2.43. The Balaban J connectivity index is 1.92. The molecular weight excluding hydrogens is 320 g/mol. The van der Waals surface area contributed by atoms with Crippen molar-refractivity contribution in [1.29, 1.82) is 0 Å². The van der Waals surface area contributed by atoms with Crippen LogP contribution in [-0.4, -0.2) is 49.5 Å². The van der Waals surface area contributed by atoms with E-state index < -0.39 is 21.3 Å². The topological polar surface area (TPSA) is 115 Å². The molecule has 3 N–H and O–H groups in total. The summed E-state index contributed by atoms with van der Waals surface area (Å²) < 4.78 is 27.7. The minimum atomic E-state index is -3.71. The average molecular weight is 338 g/mol. The molecule has 1 fully saturated rings. The second-order valence-electron chi connectivity index (χ2n) is 5.81. The predicted molar refractivity (Wildman–Crippen MR) is 86.0 cm³/mol. The van der Waals surface area contributed by atoms with Crippen molar-refractivity contribution < 1.29 is 8.42 Å². The van der Waals surface area contributed by atoms with Crippen molar-refractivity contribution in [3.63, 3.8) is 0 Å². The first-order chi connectivity index (χ1) is 10.8. The lowest BCUT2D eigenvalue weighted by atomic mass is 10.1. The van der Waals surface area contributed by atoms with Crippen molar-refractivity contribution >= 4 is 20.9 Å². The first-order valence-electron chi connectivity index (χ1n) is 7.32. The van der Waals surface area contributed by atoms with Crippen molar-refractivity contribution in [3.8, 4) is 0 Å². The first-order valence-corrected chi connectivity index (χ1v) is 8.81. The molecule has 0 bridgehead atoms. The quantitative estimate of drug-likeness (QED) is 0.704. The first kappa shape index (κ1) is 15.9. The number of nitrogens with zero attached hydrogens (tertiary/aromatic N) is 1. The SMILES string of the molecule is CN1CCC(NS(=O)(=O)c2ccc3[nH]c(=O)[nH]c(=O)c3c2)CC1. The Labute approximate surface area is 132 Å². The lowest BCUT2D eigenvalue weighted by molar-refractivity contribution is 0.248. The molecule has 1 saturated heterocycles. The minimum Gasteiger partial charge on any atom is -0.307 e. The molecule has 0 atom stereocenters. The van der Waals surface area contributed by atoms with Crippen LogP contribution < -0.4 is 16.0 Å². The number of hydrogen-bond acceptors (Lipinski definition) is 5. The van der Waals surface area contributed by atoms with Gasteiger partial charge in [0.05, 0.1) is 15.8 Å². The number of rotatable bonds is 3. The maximum atomic E-state index is 12.5. The summed E-state index contributed by atoms with van der Waals surface area (Å²) in [4.78, 5) is 29.8. The van der Waals surface area contributed by atoms with Gasteiger partial charge in [0, 0.05) is 6.04 Å². The van der Waals surface area contributed by atoms with Crippen molar-refractivity contribution in [2.24, 2.45) is 0 Å². The zero-order valence-corrected chi connectivity index (χ0v) is 13.4. The summed E-state index contributed by atoms with van der Waals surface area (Å²) in [6.07, 6.45) is 1.49. The zero-order chi connectivity index (χ0) is 16.6. The molecule has 0 amide bonds. The molecular formula is C14H18N4O4S. The number of benzene rings is 1. The van der Waals surface area contributed by atoms with Crippen molar-refractivity contribution in [1.82, 2.24) is 19.6 Å². The molecule has 1 aliphatic heterocycles. The van der Waals surface area contributed by atoms with E-state index in [1.165, 1.54) is 18.2 Å². The van der Waals surface area contributed by atoms with Crippen LogP contribution in [0.25, 0.3) is 10.9 Å². The number of H-pyrrole nitrogens is 2. The van der Waals surface area contributed by atoms with Gasteiger partial charge in [-0.2, -0.15) is 0 Å². The van der Waals surface area contributed by atoms with Crippen LogP contribution in [-0.2, 0) is 10.0 Å². The Hall–Kier alpha value is -1.97. The van der Waals surface area contributed by atoms with Crippen molar-refractivity contribution in [3.05, 3.63) is 39.0 Å². The summed E-state index contributed by atoms with van der Waals surface area (Å²) in [6.45, 7) is 1.68. The van der Waals surface area contributed by atoms with E-state index in [1.54, 1.807) is 0 Å². The molecule has 1 aliphatic rings. The maximum Gasteiger partial charge on any atom is 0.326 e. The largest absolute Gasteiger partial charge is 0.326 e. The number of aromatic nitrogens is 2. The second-order valence-corrected chi connectivity index (χ2v) is 7.53. The molecule has 8 nitrogen and oxygen atoms in total. The zero-order valence-electron chi connectivity index (χ0n) is 12.6. The summed E-state index contributed by atoms with van der Waals surface area (Å²) in [5, 5.41) is 0.135. The fourth-order valence-corrected chi connectivity index (χ4v) is 4.06. The van der Waals surface area contributed by atoms with Crippen LogP contribution in [0.1, 0.15) is 12.8 Å². The summed E-state index contributed by atoms with van der Waals surface area (Å²) >= 11 is 0. The van der Waals surface area contributed by atoms with E-state index in [0.717, 1.165) is 25.9 Å². The number of sulfonamides is 1. The number of likely N-dealkylation sites (tertiary alicyclic amines) is 1. The number of piperidine rings is 1. The highest BCUT2D eigenvalue weighted by molar-refractivity contribution is 7.89. The molecule has 1 aromatic heterocycles. The van der Waals surface area contributed by atoms with Crippen LogP contribution in [0, 0.1) is 0 Å². The van der Waals surface area contributed by atoms with E-state index >= 15 is 0 Å².